The van der Waals surface area contributed by atoms with Gasteiger partial charge < -0.3 is 20.1 Å². The van der Waals surface area contributed by atoms with Gasteiger partial charge in [0.1, 0.15) is 0 Å². The first-order valence-electron chi connectivity index (χ1n) is 12.2. The van der Waals surface area contributed by atoms with Gasteiger partial charge in [-0.3, -0.25) is 9.59 Å². The number of hydrogen-bond acceptors (Lipinski definition) is 7. The van der Waals surface area contributed by atoms with Gasteiger partial charge in [0.25, 0.3) is 0 Å². The predicted molar refractivity (Wildman–Crippen MR) is 157 cm³/mol. The summed E-state index contributed by atoms with van der Waals surface area (Å²) in [5.41, 5.74) is -2.90. The normalized spacial score (nSPS) is 10.9. The summed E-state index contributed by atoms with van der Waals surface area (Å²) in [4.78, 5) is 45.7. The Balaban J connectivity index is 0.000000330. The number of carbonyl (C=O) groups is 4. The van der Waals surface area contributed by atoms with E-state index in [0.29, 0.717) is 6.07 Å². The maximum atomic E-state index is 13.6. The lowest BCUT2D eigenvalue weighted by molar-refractivity contribution is -0.138. The van der Waals surface area contributed by atoms with Gasteiger partial charge >= 0.3 is 24.3 Å². The number of amides is 2. The first-order chi connectivity index (χ1) is 20.8. The van der Waals surface area contributed by atoms with Crippen LogP contribution < -0.4 is 10.6 Å². The lowest BCUT2D eigenvalue weighted by Gasteiger charge is -2.18. The van der Waals surface area contributed by atoms with Gasteiger partial charge in [-0.25, -0.2) is 9.59 Å². The van der Waals surface area contributed by atoms with Crippen molar-refractivity contribution >= 4 is 57.7 Å². The van der Waals surface area contributed by atoms with E-state index in [1.54, 1.807) is 0 Å². The van der Waals surface area contributed by atoms with E-state index in [9.17, 15) is 45.5 Å². The van der Waals surface area contributed by atoms with E-state index in [0.717, 1.165) is 46.3 Å². The number of nitrogens with one attached hydrogen (secondary N) is 2. The van der Waals surface area contributed by atoms with Crippen molar-refractivity contribution in [2.45, 2.75) is 26.2 Å². The van der Waals surface area contributed by atoms with Crippen LogP contribution in [-0.2, 0) is 31.4 Å². The second kappa shape index (κ2) is 14.9. The van der Waals surface area contributed by atoms with Crippen LogP contribution in [0.3, 0.4) is 0 Å². The quantitative estimate of drug-likeness (QED) is 0.162. The Kier molecular flexibility index (Phi) is 12.1. The van der Waals surface area contributed by atoms with Crippen LogP contribution in [0.25, 0.3) is 11.1 Å². The molecule has 0 bridgehead atoms. The van der Waals surface area contributed by atoms with Crippen molar-refractivity contribution in [3.05, 3.63) is 79.9 Å². The number of rotatable bonds is 5. The SMILES string of the molecule is COC(=O)c1cc(-c2cccc(C#N)c2)c(C(F)(F)F)cc1NC(C)=O.COC(=O)c1cc(I)c(C(F)(F)F)cc1NC(C)=O. The number of hydrogen-bond donors (Lipinski definition) is 2. The largest absolute Gasteiger partial charge is 0.465 e. The molecule has 3 aromatic rings. The summed E-state index contributed by atoms with van der Waals surface area (Å²) in [7, 11) is 2.18. The predicted octanol–water partition coefficient (Wildman–Crippen LogP) is 7.04. The molecule has 0 aliphatic heterocycles. The molecule has 0 heterocycles. The number of carbonyl (C=O) groups excluding carboxylic acids is 4. The minimum absolute atomic E-state index is 0.107. The van der Waals surface area contributed by atoms with E-state index in [4.69, 9.17) is 5.26 Å². The highest BCUT2D eigenvalue weighted by atomic mass is 127. The number of esters is 2. The van der Waals surface area contributed by atoms with Gasteiger partial charge in [-0.05, 0) is 70.1 Å². The maximum absolute atomic E-state index is 13.6. The summed E-state index contributed by atoms with van der Waals surface area (Å²) in [6, 6.07) is 10.8. The number of alkyl halides is 6. The van der Waals surface area contributed by atoms with Crippen molar-refractivity contribution in [3.63, 3.8) is 0 Å². The molecule has 0 aromatic heterocycles. The molecule has 0 saturated heterocycles. The summed E-state index contributed by atoms with van der Waals surface area (Å²) in [5.74, 6) is -2.95. The maximum Gasteiger partial charge on any atom is 0.417 e. The van der Waals surface area contributed by atoms with Crippen LogP contribution in [0, 0.1) is 14.9 Å². The van der Waals surface area contributed by atoms with Crippen LogP contribution in [-0.4, -0.2) is 38.0 Å². The van der Waals surface area contributed by atoms with E-state index < -0.39 is 47.2 Å². The number of nitrogens with zero attached hydrogens (tertiary/aromatic N) is 1. The molecule has 0 aliphatic rings. The van der Waals surface area contributed by atoms with Gasteiger partial charge in [-0.15, -0.1) is 0 Å². The monoisotopic (exact) mass is 749 g/mol. The van der Waals surface area contributed by atoms with E-state index in [-0.39, 0.29) is 42.8 Å². The Hall–Kier alpha value is -4.66. The Bertz CT molecular complexity index is 1680. The molecule has 0 unspecified atom stereocenters. The first kappa shape index (κ1) is 36.5. The second-order valence-electron chi connectivity index (χ2n) is 8.85. The summed E-state index contributed by atoms with van der Waals surface area (Å²) in [5, 5.41) is 13.4. The van der Waals surface area contributed by atoms with E-state index >= 15 is 0 Å². The van der Waals surface area contributed by atoms with Crippen LogP contribution in [0.5, 0.6) is 0 Å². The molecule has 3 aromatic carbocycles. The summed E-state index contributed by atoms with van der Waals surface area (Å²) < 4.78 is 87.8. The molecule has 0 atom stereocenters. The summed E-state index contributed by atoms with van der Waals surface area (Å²) >= 11 is 1.47. The molecule has 3 rings (SSSR count). The first-order valence-corrected chi connectivity index (χ1v) is 13.3. The van der Waals surface area contributed by atoms with Gasteiger partial charge in [0, 0.05) is 17.4 Å². The molecule has 0 saturated carbocycles. The van der Waals surface area contributed by atoms with E-state index in [2.05, 4.69) is 20.1 Å². The molecule has 9 nitrogen and oxygen atoms in total. The van der Waals surface area contributed by atoms with Crippen molar-refractivity contribution in [1.82, 2.24) is 0 Å². The van der Waals surface area contributed by atoms with Gasteiger partial charge in [0.2, 0.25) is 11.8 Å². The van der Waals surface area contributed by atoms with Gasteiger partial charge in [-0.1, -0.05) is 12.1 Å². The zero-order valence-corrected chi connectivity index (χ0v) is 25.8. The fraction of sp³-hybridized carbons (Fsp3) is 0.207. The third-order valence-electron chi connectivity index (χ3n) is 5.61. The zero-order valence-electron chi connectivity index (χ0n) is 23.7. The van der Waals surface area contributed by atoms with Gasteiger partial charge in [-0.2, -0.15) is 31.6 Å². The fourth-order valence-corrected chi connectivity index (χ4v) is 4.54. The minimum atomic E-state index is -4.75. The van der Waals surface area contributed by atoms with E-state index in [1.165, 1.54) is 46.9 Å². The van der Waals surface area contributed by atoms with Gasteiger partial charge in [0.15, 0.2) is 0 Å². The lowest BCUT2D eigenvalue weighted by atomic mass is 9.94. The number of benzene rings is 3. The van der Waals surface area contributed by atoms with Crippen molar-refractivity contribution in [2.75, 3.05) is 24.9 Å². The topological polar surface area (TPSA) is 135 Å². The van der Waals surface area contributed by atoms with Crippen LogP contribution in [0.2, 0.25) is 0 Å². The van der Waals surface area contributed by atoms with Crippen LogP contribution in [0.4, 0.5) is 37.7 Å². The summed E-state index contributed by atoms with van der Waals surface area (Å²) in [6.45, 7) is 2.24. The molecule has 45 heavy (non-hydrogen) atoms. The third kappa shape index (κ3) is 9.66. The molecule has 0 fully saturated rings. The van der Waals surface area contributed by atoms with Gasteiger partial charge in [0.05, 0.1) is 59.5 Å². The molecule has 0 spiro atoms. The van der Waals surface area contributed by atoms with Crippen molar-refractivity contribution < 1.29 is 55.0 Å². The van der Waals surface area contributed by atoms with Crippen molar-refractivity contribution in [1.29, 1.82) is 5.26 Å². The number of nitriles is 1. The number of halogens is 7. The molecular weight excluding hydrogens is 727 g/mol. The highest BCUT2D eigenvalue weighted by Crippen LogP contribution is 2.41. The molecule has 2 amide bonds. The molecule has 238 valence electrons. The standard InChI is InChI=1S/C18H13F3N2O3.C11H9F3INO3/c1-10(24)23-16-8-15(18(19,20)21)13(7-14(16)17(25)26-2)12-5-3-4-11(6-12)9-22;1-5(17)16-9-4-7(11(12,13)14)8(15)3-6(9)10(18)19-2/h3-8H,1-2H3,(H,23,24);3-4H,1-2H3,(H,16,17). The number of anilines is 2. The van der Waals surface area contributed by atoms with Crippen LogP contribution >= 0.6 is 22.6 Å². The van der Waals surface area contributed by atoms with Crippen LogP contribution in [0.15, 0.2) is 48.5 Å². The Morgan fingerprint density at radius 2 is 1.22 bits per heavy atom. The van der Waals surface area contributed by atoms with E-state index in [1.807, 2.05) is 6.07 Å². The number of methoxy groups -OCH3 is 2. The molecule has 0 aliphatic carbocycles. The molecule has 0 radical (unpaired) electrons. The number of ether oxygens (including phenoxy) is 2. The molecule has 16 heteroatoms. The smallest absolute Gasteiger partial charge is 0.417 e. The minimum Gasteiger partial charge on any atom is -0.465 e. The highest BCUT2D eigenvalue weighted by Gasteiger charge is 2.36. The molecular formula is C29H22F6IN3O6. The Morgan fingerprint density at radius 3 is 1.64 bits per heavy atom. The Labute approximate surface area is 265 Å². The van der Waals surface area contributed by atoms with Crippen molar-refractivity contribution in [3.8, 4) is 17.2 Å². The summed E-state index contributed by atoms with van der Waals surface area (Å²) in [6.07, 6.45) is -9.32. The average Bonchev–Trinajstić information content (AvgIpc) is 2.95. The fourth-order valence-electron chi connectivity index (χ4n) is 3.76. The van der Waals surface area contributed by atoms with Crippen LogP contribution in [0.1, 0.15) is 51.3 Å². The average molecular weight is 749 g/mol. The third-order valence-corrected chi connectivity index (χ3v) is 6.50. The van der Waals surface area contributed by atoms with Crippen molar-refractivity contribution in [2.24, 2.45) is 0 Å². The Morgan fingerprint density at radius 1 is 0.756 bits per heavy atom. The molecule has 2 N–H and O–H groups in total. The highest BCUT2D eigenvalue weighted by molar-refractivity contribution is 14.1. The lowest BCUT2D eigenvalue weighted by Crippen LogP contribution is -2.16. The zero-order chi connectivity index (χ0) is 34.3. The second-order valence-corrected chi connectivity index (χ2v) is 10.0.